The lowest BCUT2D eigenvalue weighted by molar-refractivity contribution is -0.147. The minimum Gasteiger partial charge on any atom is -0.375 e. The summed E-state index contributed by atoms with van der Waals surface area (Å²) in [6.07, 6.45) is 5.13. The molecule has 0 heterocycles. The van der Waals surface area contributed by atoms with Crippen molar-refractivity contribution in [3.63, 3.8) is 0 Å². The molecule has 3 unspecified atom stereocenters. The molecule has 16 heavy (non-hydrogen) atoms. The first kappa shape index (κ1) is 13.9. The van der Waals surface area contributed by atoms with E-state index in [-0.39, 0.29) is 6.10 Å². The first-order valence-corrected chi connectivity index (χ1v) is 6.80. The molecule has 1 fully saturated rings. The van der Waals surface area contributed by atoms with Crippen molar-refractivity contribution >= 4 is 0 Å². The third-order valence-corrected chi connectivity index (χ3v) is 3.06. The first-order chi connectivity index (χ1) is 7.83. The van der Waals surface area contributed by atoms with Crippen molar-refractivity contribution < 1.29 is 9.47 Å². The van der Waals surface area contributed by atoms with Crippen LogP contribution >= 0.6 is 0 Å². The van der Waals surface area contributed by atoms with Crippen LogP contribution in [0.3, 0.4) is 0 Å². The molecule has 0 amide bonds. The van der Waals surface area contributed by atoms with Crippen molar-refractivity contribution in [2.45, 2.75) is 64.7 Å². The van der Waals surface area contributed by atoms with Crippen LogP contribution in [0.15, 0.2) is 0 Å². The minimum absolute atomic E-state index is 0.275. The Morgan fingerprint density at radius 2 is 1.88 bits per heavy atom. The van der Waals surface area contributed by atoms with Crippen molar-refractivity contribution in [2.75, 3.05) is 19.8 Å². The highest BCUT2D eigenvalue weighted by Crippen LogP contribution is 2.27. The van der Waals surface area contributed by atoms with E-state index in [1.54, 1.807) is 0 Å². The molecule has 3 heteroatoms. The van der Waals surface area contributed by atoms with E-state index >= 15 is 0 Å². The molecule has 1 N–H and O–H groups in total. The molecule has 1 aliphatic carbocycles. The first-order valence-electron chi connectivity index (χ1n) is 6.80. The molecule has 96 valence electrons. The second-order valence-electron chi connectivity index (χ2n) is 4.50. The van der Waals surface area contributed by atoms with Crippen molar-refractivity contribution in [2.24, 2.45) is 0 Å². The zero-order valence-electron chi connectivity index (χ0n) is 11.0. The van der Waals surface area contributed by atoms with Crippen LogP contribution < -0.4 is 5.32 Å². The molecule has 0 aromatic rings. The number of nitrogens with one attached hydrogen (secondary N) is 1. The second kappa shape index (κ2) is 8.04. The quantitative estimate of drug-likeness (QED) is 0.616. The summed E-state index contributed by atoms with van der Waals surface area (Å²) in [6.45, 7) is 9.22. The van der Waals surface area contributed by atoms with Gasteiger partial charge in [0.1, 0.15) is 0 Å². The van der Waals surface area contributed by atoms with Crippen molar-refractivity contribution in [1.82, 2.24) is 5.32 Å². The maximum absolute atomic E-state index is 5.85. The van der Waals surface area contributed by atoms with Gasteiger partial charge in [-0.25, -0.2) is 0 Å². The van der Waals surface area contributed by atoms with Gasteiger partial charge in [-0.05, 0) is 25.8 Å². The monoisotopic (exact) mass is 229 g/mol. The summed E-state index contributed by atoms with van der Waals surface area (Å²) in [7, 11) is 0. The molecule has 1 rings (SSSR count). The Labute approximate surface area is 99.9 Å². The Hall–Kier alpha value is -0.120. The van der Waals surface area contributed by atoms with Crippen LogP contribution in [0.5, 0.6) is 0 Å². The molecule has 0 saturated heterocycles. The number of hydrogen-bond acceptors (Lipinski definition) is 3. The number of unbranched alkanes of at least 4 members (excludes halogenated alkanes) is 1. The van der Waals surface area contributed by atoms with Crippen molar-refractivity contribution in [3.05, 3.63) is 0 Å². The van der Waals surface area contributed by atoms with E-state index < -0.39 is 0 Å². The third-order valence-electron chi connectivity index (χ3n) is 3.06. The van der Waals surface area contributed by atoms with Gasteiger partial charge < -0.3 is 14.8 Å². The van der Waals surface area contributed by atoms with Gasteiger partial charge >= 0.3 is 0 Å². The van der Waals surface area contributed by atoms with Crippen LogP contribution in [0, 0.1) is 0 Å². The van der Waals surface area contributed by atoms with E-state index in [2.05, 4.69) is 26.1 Å². The predicted octanol–water partition coefficient (Wildman–Crippen LogP) is 2.35. The molecule has 0 aromatic heterocycles. The van der Waals surface area contributed by atoms with E-state index in [9.17, 15) is 0 Å². The van der Waals surface area contributed by atoms with E-state index in [4.69, 9.17) is 9.47 Å². The highest BCUT2D eigenvalue weighted by Gasteiger charge is 2.42. The molecule has 0 bridgehead atoms. The number of likely N-dealkylation sites (N-methyl/N-ethyl adjacent to an activating group) is 1. The lowest BCUT2D eigenvalue weighted by atomic mass is 9.85. The molecule has 0 spiro atoms. The van der Waals surface area contributed by atoms with Crippen LogP contribution in [0.4, 0.5) is 0 Å². The second-order valence-corrected chi connectivity index (χ2v) is 4.50. The van der Waals surface area contributed by atoms with Gasteiger partial charge in [-0.3, -0.25) is 0 Å². The zero-order chi connectivity index (χ0) is 11.8. The maximum Gasteiger partial charge on any atom is 0.0990 e. The predicted molar refractivity (Wildman–Crippen MR) is 66.8 cm³/mol. The van der Waals surface area contributed by atoms with Gasteiger partial charge in [0.15, 0.2) is 0 Å². The van der Waals surface area contributed by atoms with Gasteiger partial charge in [-0.15, -0.1) is 0 Å². The number of rotatable bonds is 9. The van der Waals surface area contributed by atoms with Crippen LogP contribution in [0.1, 0.15) is 46.5 Å². The lowest BCUT2D eigenvalue weighted by Gasteiger charge is -2.44. The fraction of sp³-hybridized carbons (Fsp3) is 1.00. The zero-order valence-corrected chi connectivity index (χ0v) is 11.0. The van der Waals surface area contributed by atoms with Crippen molar-refractivity contribution in [1.29, 1.82) is 0 Å². The Balaban J connectivity index is 2.23. The summed E-state index contributed by atoms with van der Waals surface area (Å²) in [5.74, 6) is 0. The molecule has 0 aromatic carbocycles. The standard InChI is InChI=1S/C13H27NO2/c1-4-7-9-15-12-10-11(14-6-3)13(12)16-8-5-2/h11-14H,4-10H2,1-3H3. The van der Waals surface area contributed by atoms with Gasteiger partial charge in [-0.1, -0.05) is 27.2 Å². The van der Waals surface area contributed by atoms with E-state index in [1.165, 1.54) is 6.42 Å². The third kappa shape index (κ3) is 4.04. The van der Waals surface area contributed by atoms with E-state index in [1.807, 2.05) is 0 Å². The van der Waals surface area contributed by atoms with Gasteiger partial charge in [0, 0.05) is 19.3 Å². The van der Waals surface area contributed by atoms with Crippen LogP contribution in [-0.2, 0) is 9.47 Å². The summed E-state index contributed by atoms with van der Waals surface area (Å²) >= 11 is 0. The summed E-state index contributed by atoms with van der Waals surface area (Å²) in [5.41, 5.74) is 0. The van der Waals surface area contributed by atoms with E-state index in [0.717, 1.165) is 39.0 Å². The molecule has 0 radical (unpaired) electrons. The molecule has 3 nitrogen and oxygen atoms in total. The fourth-order valence-corrected chi connectivity index (χ4v) is 2.06. The topological polar surface area (TPSA) is 30.5 Å². The largest absolute Gasteiger partial charge is 0.375 e. The summed E-state index contributed by atoms with van der Waals surface area (Å²) in [6, 6.07) is 0.503. The SMILES string of the molecule is CCCCOC1CC(NCC)C1OCCC. The minimum atomic E-state index is 0.275. The summed E-state index contributed by atoms with van der Waals surface area (Å²) < 4.78 is 11.7. The fourth-order valence-electron chi connectivity index (χ4n) is 2.06. The maximum atomic E-state index is 5.85. The normalized spacial score (nSPS) is 29.1. The lowest BCUT2D eigenvalue weighted by Crippen LogP contribution is -2.60. The highest BCUT2D eigenvalue weighted by atomic mass is 16.5. The highest BCUT2D eigenvalue weighted by molar-refractivity contribution is 4.97. The Morgan fingerprint density at radius 1 is 1.06 bits per heavy atom. The summed E-state index contributed by atoms with van der Waals surface area (Å²) in [4.78, 5) is 0. The summed E-state index contributed by atoms with van der Waals surface area (Å²) in [5, 5.41) is 3.46. The molecule has 0 aliphatic heterocycles. The molecule has 1 aliphatic rings. The molecule has 3 atom stereocenters. The average Bonchev–Trinajstić information content (AvgIpc) is 2.27. The molecule has 1 saturated carbocycles. The average molecular weight is 229 g/mol. The molecular weight excluding hydrogens is 202 g/mol. The van der Waals surface area contributed by atoms with Gasteiger partial charge in [0.25, 0.3) is 0 Å². The van der Waals surface area contributed by atoms with Crippen LogP contribution in [0.2, 0.25) is 0 Å². The Bertz CT molecular complexity index is 173. The van der Waals surface area contributed by atoms with Gasteiger partial charge in [-0.2, -0.15) is 0 Å². The number of ether oxygens (including phenoxy) is 2. The smallest absolute Gasteiger partial charge is 0.0990 e. The van der Waals surface area contributed by atoms with Gasteiger partial charge in [0.2, 0.25) is 0 Å². The van der Waals surface area contributed by atoms with Gasteiger partial charge in [0.05, 0.1) is 12.2 Å². The molecular formula is C13H27NO2. The Morgan fingerprint density at radius 3 is 2.50 bits per heavy atom. The number of hydrogen-bond donors (Lipinski definition) is 1. The van der Waals surface area contributed by atoms with Crippen LogP contribution in [-0.4, -0.2) is 38.0 Å². The Kier molecular flexibility index (Phi) is 7.01. The van der Waals surface area contributed by atoms with E-state index in [0.29, 0.717) is 12.1 Å². The van der Waals surface area contributed by atoms with Crippen molar-refractivity contribution in [3.8, 4) is 0 Å². The van der Waals surface area contributed by atoms with Crippen LogP contribution in [0.25, 0.3) is 0 Å².